The Morgan fingerprint density at radius 2 is 0.647 bits per heavy atom. The normalized spacial score (nSPS) is 25.2. The number of rotatable bonds is 75. The van der Waals surface area contributed by atoms with Gasteiger partial charge in [-0.25, -0.2) is 4.57 Å². The van der Waals surface area contributed by atoms with Crippen molar-refractivity contribution in [1.82, 2.24) is 0 Å². The fourth-order valence-corrected chi connectivity index (χ4v) is 16.2. The molecule has 3 rings (SSSR count). The SMILES string of the molecule is CCCCCC/C=C\CCCCCCCCCC(=O)OC(COC(=O)CCCCCCCCCCCCCCC)COP(=O)(O)OC1C(OC2OC(CO)C(O)C(O)C2O)C(O)C(O)C(OC(=O)CCCCCCCCCCCCCCCCCC)C1OC1OC(COC(=O)CCCCC/C=C\CCCCCCCC)C(O)C(O)C1O. The number of allylic oxidation sites excluding steroid dienone is 4. The van der Waals surface area contributed by atoms with Crippen molar-refractivity contribution < 1.29 is 122 Å². The van der Waals surface area contributed by atoms with Crippen molar-refractivity contribution in [2.45, 2.75) is 498 Å². The molecular weight excluding hydrogens is 1510 g/mol. The smallest absolute Gasteiger partial charge is 0.463 e. The average Bonchev–Trinajstić information content (AvgIpc) is 0.755. The molecule has 0 radical (unpaired) electrons. The van der Waals surface area contributed by atoms with Gasteiger partial charge < -0.3 is 88.7 Å². The fraction of sp³-hybridized carbons (Fsp3) is 0.911. The van der Waals surface area contributed by atoms with Crippen molar-refractivity contribution >= 4 is 31.7 Å². The van der Waals surface area contributed by atoms with Gasteiger partial charge >= 0.3 is 31.7 Å². The number of unbranched alkanes of at least 4 members (excludes halogenated alkanes) is 47. The number of aliphatic hydroxyl groups excluding tert-OH is 9. The summed E-state index contributed by atoms with van der Waals surface area (Å²) < 4.78 is 73.4. The van der Waals surface area contributed by atoms with Gasteiger partial charge in [0.05, 0.1) is 13.2 Å². The molecule has 3 fully saturated rings. The van der Waals surface area contributed by atoms with Crippen LogP contribution in [0.2, 0.25) is 0 Å². The molecule has 2 aliphatic heterocycles. The first-order valence-corrected chi connectivity index (χ1v) is 48.1. The third-order valence-electron chi connectivity index (χ3n) is 22.7. The van der Waals surface area contributed by atoms with Gasteiger partial charge in [-0.2, -0.15) is 0 Å². The summed E-state index contributed by atoms with van der Waals surface area (Å²) in [6.45, 7) is 5.57. The molecule has 10 N–H and O–H groups in total. The summed E-state index contributed by atoms with van der Waals surface area (Å²) in [7, 11) is -5.81. The highest BCUT2D eigenvalue weighted by atomic mass is 31.2. The lowest BCUT2D eigenvalue weighted by Gasteiger charge is -2.50. The van der Waals surface area contributed by atoms with Gasteiger partial charge in [-0.3, -0.25) is 28.2 Å². The summed E-state index contributed by atoms with van der Waals surface area (Å²) in [6.07, 6.45) is 28.9. The van der Waals surface area contributed by atoms with Gasteiger partial charge in [-0.05, 0) is 77.0 Å². The number of phosphoric acid groups is 1. The lowest BCUT2D eigenvalue weighted by atomic mass is 9.84. The number of phosphoric ester groups is 1. The Morgan fingerprint density at radius 1 is 0.336 bits per heavy atom. The Kier molecular flexibility index (Phi) is 64.1. The molecule has 0 aromatic rings. The van der Waals surface area contributed by atoms with E-state index in [1.807, 2.05) is 0 Å². The van der Waals surface area contributed by atoms with Crippen molar-refractivity contribution in [3.63, 3.8) is 0 Å². The highest BCUT2D eigenvalue weighted by Gasteiger charge is 2.60. The zero-order valence-corrected chi connectivity index (χ0v) is 73.2. The standard InChI is InChI=1S/C90H165O25P/c1-5-9-13-17-21-25-29-33-35-37-41-45-49-53-57-61-65-76(95)112-85-81(100)82(101)86(113-89-83(102)79(98)77(96)71(66-91)110-89)88(87(85)114-90-84(103)80(99)78(97)72(111-90)69-107-74(93)63-59-55-51-47-43-39-32-28-24-20-16-12-8-4)115-116(104,105)108-68-70(67-106-73(92)62-58-54-50-46-42-38-31-27-23-19-15-11-7-3)109-75(94)64-60-56-52-48-44-40-36-34-30-26-22-18-14-10-6-2/h26,30,39,43,70-72,77-91,96-103H,5-25,27-29,31-38,40-42,44-69H2,1-4H3,(H,104,105)/b30-26-,43-39-. The summed E-state index contributed by atoms with van der Waals surface area (Å²) in [5.74, 6) is -2.98. The molecule has 1 aliphatic carbocycles. The summed E-state index contributed by atoms with van der Waals surface area (Å²) >= 11 is 0. The Balaban J connectivity index is 1.93. The maximum atomic E-state index is 14.9. The van der Waals surface area contributed by atoms with E-state index < -0.39 is 162 Å². The van der Waals surface area contributed by atoms with Gasteiger partial charge in [0, 0.05) is 25.7 Å². The summed E-state index contributed by atoms with van der Waals surface area (Å²) in [5, 5.41) is 102. The van der Waals surface area contributed by atoms with Crippen LogP contribution in [0.5, 0.6) is 0 Å². The zero-order valence-electron chi connectivity index (χ0n) is 72.3. The number of ether oxygens (including phenoxy) is 8. The van der Waals surface area contributed by atoms with E-state index in [4.69, 9.17) is 46.9 Å². The molecule has 680 valence electrons. The molecule has 0 spiro atoms. The van der Waals surface area contributed by atoms with E-state index in [1.165, 1.54) is 161 Å². The quantitative estimate of drug-likeness (QED) is 0.00889. The van der Waals surface area contributed by atoms with E-state index in [0.29, 0.717) is 44.9 Å². The summed E-state index contributed by atoms with van der Waals surface area (Å²) in [6, 6.07) is 0. The molecule has 18 atom stereocenters. The number of carbonyl (C=O) groups is 4. The van der Waals surface area contributed by atoms with Crippen LogP contribution in [-0.4, -0.2) is 205 Å². The second-order valence-corrected chi connectivity index (χ2v) is 34.6. The van der Waals surface area contributed by atoms with Crippen molar-refractivity contribution in [1.29, 1.82) is 0 Å². The third kappa shape index (κ3) is 49.3. The molecule has 2 saturated heterocycles. The molecule has 0 aromatic heterocycles. The minimum Gasteiger partial charge on any atom is -0.463 e. The van der Waals surface area contributed by atoms with Gasteiger partial charge in [0.1, 0.15) is 92.6 Å². The van der Waals surface area contributed by atoms with Crippen LogP contribution in [0, 0.1) is 0 Å². The topological polar surface area (TPSA) is 380 Å². The van der Waals surface area contributed by atoms with E-state index >= 15 is 0 Å². The second-order valence-electron chi connectivity index (χ2n) is 33.2. The number of aliphatic hydroxyl groups is 9. The first kappa shape index (κ1) is 107. The number of carbonyl (C=O) groups excluding carboxylic acids is 4. The van der Waals surface area contributed by atoms with Gasteiger partial charge in [-0.1, -0.05) is 315 Å². The van der Waals surface area contributed by atoms with Crippen LogP contribution >= 0.6 is 7.82 Å². The minimum absolute atomic E-state index is 0.00555. The summed E-state index contributed by atoms with van der Waals surface area (Å²) in [5.41, 5.74) is 0. The highest BCUT2D eigenvalue weighted by molar-refractivity contribution is 7.47. The monoisotopic (exact) mass is 1680 g/mol. The second kappa shape index (κ2) is 69.4. The first-order valence-electron chi connectivity index (χ1n) is 46.6. The Hall–Kier alpha value is -3.05. The molecule has 0 aromatic carbocycles. The Morgan fingerprint density at radius 3 is 1.04 bits per heavy atom. The lowest BCUT2D eigenvalue weighted by molar-refractivity contribution is -0.360. The third-order valence-corrected chi connectivity index (χ3v) is 23.7. The Bertz CT molecular complexity index is 2510. The number of hydrogen-bond donors (Lipinski definition) is 10. The largest absolute Gasteiger partial charge is 0.472 e. The molecule has 1 saturated carbocycles. The fourth-order valence-electron chi connectivity index (χ4n) is 15.2. The number of esters is 4. The molecule has 26 heteroatoms. The van der Waals surface area contributed by atoms with E-state index in [2.05, 4.69) is 52.0 Å². The van der Waals surface area contributed by atoms with Crippen LogP contribution in [0.15, 0.2) is 24.3 Å². The first-order chi connectivity index (χ1) is 56.2. The van der Waals surface area contributed by atoms with Crippen molar-refractivity contribution in [3.8, 4) is 0 Å². The molecule has 18 unspecified atom stereocenters. The molecular formula is C90H165O25P. The van der Waals surface area contributed by atoms with E-state index in [0.717, 1.165) is 135 Å². The van der Waals surface area contributed by atoms with E-state index in [1.54, 1.807) is 0 Å². The molecule has 25 nitrogen and oxygen atoms in total. The van der Waals surface area contributed by atoms with Crippen LogP contribution < -0.4 is 0 Å². The minimum atomic E-state index is -5.81. The maximum Gasteiger partial charge on any atom is 0.472 e. The average molecular weight is 1680 g/mol. The van der Waals surface area contributed by atoms with Crippen molar-refractivity contribution in [2.75, 3.05) is 26.4 Å². The van der Waals surface area contributed by atoms with Crippen LogP contribution in [-0.2, 0) is 70.7 Å². The van der Waals surface area contributed by atoms with Gasteiger partial charge in [-0.15, -0.1) is 0 Å². The van der Waals surface area contributed by atoms with Crippen molar-refractivity contribution in [2.24, 2.45) is 0 Å². The molecule has 0 amide bonds. The van der Waals surface area contributed by atoms with Gasteiger partial charge in [0.2, 0.25) is 0 Å². The van der Waals surface area contributed by atoms with Gasteiger partial charge in [0.25, 0.3) is 0 Å². The number of hydrogen-bond acceptors (Lipinski definition) is 24. The summed E-state index contributed by atoms with van der Waals surface area (Å²) in [4.78, 5) is 66.4. The zero-order chi connectivity index (χ0) is 84.7. The van der Waals surface area contributed by atoms with Crippen LogP contribution in [0.3, 0.4) is 0 Å². The molecule has 116 heavy (non-hydrogen) atoms. The Labute approximate surface area is 698 Å². The molecule has 2 heterocycles. The predicted octanol–water partition coefficient (Wildman–Crippen LogP) is 16.9. The highest BCUT2D eigenvalue weighted by Crippen LogP contribution is 2.49. The van der Waals surface area contributed by atoms with Crippen LogP contribution in [0.4, 0.5) is 0 Å². The lowest BCUT2D eigenvalue weighted by Crippen LogP contribution is -2.70. The van der Waals surface area contributed by atoms with Crippen LogP contribution in [0.25, 0.3) is 0 Å². The van der Waals surface area contributed by atoms with E-state index in [-0.39, 0.29) is 25.7 Å². The molecule has 0 bridgehead atoms. The van der Waals surface area contributed by atoms with Crippen molar-refractivity contribution in [3.05, 3.63) is 24.3 Å². The van der Waals surface area contributed by atoms with Gasteiger partial charge in [0.15, 0.2) is 24.8 Å². The van der Waals surface area contributed by atoms with E-state index in [9.17, 15) is 74.6 Å². The van der Waals surface area contributed by atoms with Crippen LogP contribution in [0.1, 0.15) is 394 Å². The maximum absolute atomic E-state index is 14.9. The predicted molar refractivity (Wildman–Crippen MR) is 449 cm³/mol. The molecule has 3 aliphatic rings.